The smallest absolute Gasteiger partial charge is 0.129 e. The standard InChI is InChI=1S/C17H18Cl2FN/c1-4-21-17(12-5-6-14(18)15(19)9-12)13-7-10(2)16(20)11(3)8-13/h5-9,17,21H,4H2,1-3H3. The Morgan fingerprint density at radius 2 is 1.62 bits per heavy atom. The average molecular weight is 326 g/mol. The van der Waals surface area contributed by atoms with Crippen molar-refractivity contribution in [2.75, 3.05) is 6.54 Å². The summed E-state index contributed by atoms with van der Waals surface area (Å²) in [5.41, 5.74) is 3.32. The fourth-order valence-electron chi connectivity index (χ4n) is 2.47. The molecular weight excluding hydrogens is 308 g/mol. The van der Waals surface area contributed by atoms with Crippen molar-refractivity contribution in [2.45, 2.75) is 26.8 Å². The van der Waals surface area contributed by atoms with E-state index in [1.807, 2.05) is 31.2 Å². The number of hydrogen-bond donors (Lipinski definition) is 1. The van der Waals surface area contributed by atoms with Crippen LogP contribution in [-0.2, 0) is 0 Å². The van der Waals surface area contributed by atoms with Gasteiger partial charge in [-0.25, -0.2) is 4.39 Å². The average Bonchev–Trinajstić information content (AvgIpc) is 2.45. The van der Waals surface area contributed by atoms with E-state index in [1.54, 1.807) is 19.9 Å². The molecule has 0 heterocycles. The van der Waals surface area contributed by atoms with Gasteiger partial charge in [-0.15, -0.1) is 0 Å². The van der Waals surface area contributed by atoms with Crippen LogP contribution in [0, 0.1) is 19.7 Å². The van der Waals surface area contributed by atoms with Gasteiger partial charge in [0.05, 0.1) is 16.1 Å². The third kappa shape index (κ3) is 3.57. The first kappa shape index (κ1) is 16.3. The SMILES string of the molecule is CCNC(c1cc(C)c(F)c(C)c1)c1ccc(Cl)c(Cl)c1. The molecule has 1 atom stereocenters. The molecular formula is C17H18Cl2FN. The summed E-state index contributed by atoms with van der Waals surface area (Å²) in [6, 6.07) is 9.28. The van der Waals surface area contributed by atoms with Gasteiger partial charge in [-0.05, 0) is 54.8 Å². The van der Waals surface area contributed by atoms with E-state index in [1.165, 1.54) is 0 Å². The van der Waals surface area contributed by atoms with Gasteiger partial charge in [0.2, 0.25) is 0 Å². The molecule has 1 unspecified atom stereocenters. The minimum atomic E-state index is -0.150. The molecule has 0 saturated carbocycles. The van der Waals surface area contributed by atoms with Gasteiger partial charge < -0.3 is 5.32 Å². The van der Waals surface area contributed by atoms with E-state index in [-0.39, 0.29) is 11.9 Å². The highest BCUT2D eigenvalue weighted by Gasteiger charge is 2.16. The zero-order valence-corrected chi connectivity index (χ0v) is 13.8. The molecule has 112 valence electrons. The first-order valence-corrected chi connectivity index (χ1v) is 7.64. The van der Waals surface area contributed by atoms with Crippen LogP contribution in [0.25, 0.3) is 0 Å². The molecule has 0 aliphatic carbocycles. The lowest BCUT2D eigenvalue weighted by molar-refractivity contribution is 0.598. The highest BCUT2D eigenvalue weighted by atomic mass is 35.5. The quantitative estimate of drug-likeness (QED) is 0.788. The molecule has 2 rings (SSSR count). The lowest BCUT2D eigenvalue weighted by Crippen LogP contribution is -2.22. The second-order valence-electron chi connectivity index (χ2n) is 5.13. The van der Waals surface area contributed by atoms with Crippen molar-refractivity contribution in [2.24, 2.45) is 0 Å². The maximum atomic E-state index is 13.8. The summed E-state index contributed by atoms with van der Waals surface area (Å²) in [5, 5.41) is 4.46. The Morgan fingerprint density at radius 3 is 2.14 bits per heavy atom. The molecule has 4 heteroatoms. The molecule has 1 N–H and O–H groups in total. The Bertz CT molecular complexity index is 632. The van der Waals surface area contributed by atoms with E-state index >= 15 is 0 Å². The summed E-state index contributed by atoms with van der Waals surface area (Å²) in [6.07, 6.45) is 0. The van der Waals surface area contributed by atoms with Gasteiger partial charge >= 0.3 is 0 Å². The highest BCUT2D eigenvalue weighted by molar-refractivity contribution is 6.42. The Hall–Kier alpha value is -1.09. The summed E-state index contributed by atoms with van der Waals surface area (Å²) in [6.45, 7) is 6.39. The first-order chi connectivity index (χ1) is 9.93. The minimum Gasteiger partial charge on any atom is -0.307 e. The molecule has 0 aromatic heterocycles. The molecule has 1 nitrogen and oxygen atoms in total. The third-order valence-electron chi connectivity index (χ3n) is 3.48. The number of rotatable bonds is 4. The van der Waals surface area contributed by atoms with Gasteiger partial charge in [0, 0.05) is 0 Å². The zero-order chi connectivity index (χ0) is 15.6. The Morgan fingerprint density at radius 1 is 1.00 bits per heavy atom. The molecule has 0 saturated heterocycles. The van der Waals surface area contributed by atoms with Crippen LogP contribution in [0.1, 0.15) is 35.2 Å². The van der Waals surface area contributed by atoms with Crippen LogP contribution in [0.3, 0.4) is 0 Å². The monoisotopic (exact) mass is 325 g/mol. The predicted molar refractivity (Wildman–Crippen MR) is 87.9 cm³/mol. The maximum absolute atomic E-state index is 13.8. The zero-order valence-electron chi connectivity index (χ0n) is 12.3. The molecule has 2 aromatic rings. The number of halogens is 3. The van der Waals surface area contributed by atoms with Gasteiger partial charge in [0.15, 0.2) is 0 Å². The van der Waals surface area contributed by atoms with Crippen LogP contribution in [-0.4, -0.2) is 6.54 Å². The van der Waals surface area contributed by atoms with E-state index in [2.05, 4.69) is 5.32 Å². The van der Waals surface area contributed by atoms with Crippen LogP contribution in [0.5, 0.6) is 0 Å². The second-order valence-corrected chi connectivity index (χ2v) is 5.95. The molecule has 0 radical (unpaired) electrons. The number of nitrogens with one attached hydrogen (secondary N) is 1. The van der Waals surface area contributed by atoms with Crippen molar-refractivity contribution in [3.05, 3.63) is 68.4 Å². The van der Waals surface area contributed by atoms with Crippen molar-refractivity contribution in [1.82, 2.24) is 5.32 Å². The van der Waals surface area contributed by atoms with E-state index in [4.69, 9.17) is 23.2 Å². The lowest BCUT2D eigenvalue weighted by atomic mass is 9.95. The summed E-state index contributed by atoms with van der Waals surface area (Å²) in [7, 11) is 0. The van der Waals surface area contributed by atoms with Crippen molar-refractivity contribution < 1.29 is 4.39 Å². The van der Waals surface area contributed by atoms with Crippen LogP contribution in [0.2, 0.25) is 10.0 Å². The normalized spacial score (nSPS) is 12.5. The van der Waals surface area contributed by atoms with Gasteiger partial charge in [-0.2, -0.15) is 0 Å². The van der Waals surface area contributed by atoms with Crippen molar-refractivity contribution >= 4 is 23.2 Å². The molecule has 21 heavy (non-hydrogen) atoms. The Kier molecular flexibility index (Phi) is 5.26. The second kappa shape index (κ2) is 6.78. The summed E-state index contributed by atoms with van der Waals surface area (Å²) >= 11 is 12.1. The van der Waals surface area contributed by atoms with E-state index < -0.39 is 0 Å². The van der Waals surface area contributed by atoms with E-state index in [9.17, 15) is 4.39 Å². The summed E-state index contributed by atoms with van der Waals surface area (Å²) in [4.78, 5) is 0. The van der Waals surface area contributed by atoms with Crippen molar-refractivity contribution in [3.63, 3.8) is 0 Å². The maximum Gasteiger partial charge on any atom is 0.129 e. The van der Waals surface area contributed by atoms with Gasteiger partial charge in [0.25, 0.3) is 0 Å². The van der Waals surface area contributed by atoms with Gasteiger partial charge in [0.1, 0.15) is 5.82 Å². The fourth-order valence-corrected chi connectivity index (χ4v) is 2.78. The van der Waals surface area contributed by atoms with E-state index in [0.717, 1.165) is 17.7 Å². The molecule has 0 aliphatic rings. The lowest BCUT2D eigenvalue weighted by Gasteiger charge is -2.21. The highest BCUT2D eigenvalue weighted by Crippen LogP contribution is 2.30. The van der Waals surface area contributed by atoms with Crippen molar-refractivity contribution in [3.8, 4) is 0 Å². The van der Waals surface area contributed by atoms with Gasteiger partial charge in [-0.3, -0.25) is 0 Å². The molecule has 0 bridgehead atoms. The number of benzene rings is 2. The van der Waals surface area contributed by atoms with Crippen molar-refractivity contribution in [1.29, 1.82) is 0 Å². The number of hydrogen-bond acceptors (Lipinski definition) is 1. The molecule has 0 amide bonds. The van der Waals surface area contributed by atoms with Crippen LogP contribution in [0.4, 0.5) is 4.39 Å². The molecule has 0 spiro atoms. The largest absolute Gasteiger partial charge is 0.307 e. The Labute approximate surface area is 135 Å². The minimum absolute atomic E-state index is 0.0391. The fraction of sp³-hybridized carbons (Fsp3) is 0.294. The topological polar surface area (TPSA) is 12.0 Å². The molecule has 0 fully saturated rings. The van der Waals surface area contributed by atoms with Gasteiger partial charge in [-0.1, -0.05) is 48.3 Å². The molecule has 2 aromatic carbocycles. The number of aryl methyl sites for hydroxylation is 2. The summed E-state index contributed by atoms with van der Waals surface area (Å²) < 4.78 is 13.8. The summed E-state index contributed by atoms with van der Waals surface area (Å²) in [5.74, 6) is -0.150. The third-order valence-corrected chi connectivity index (χ3v) is 4.22. The van der Waals surface area contributed by atoms with Crippen LogP contribution in [0.15, 0.2) is 30.3 Å². The van der Waals surface area contributed by atoms with E-state index in [0.29, 0.717) is 21.2 Å². The van der Waals surface area contributed by atoms with Crippen LogP contribution >= 0.6 is 23.2 Å². The Balaban J connectivity index is 2.50. The molecule has 0 aliphatic heterocycles. The predicted octanol–water partition coefficient (Wildman–Crippen LogP) is 5.45. The first-order valence-electron chi connectivity index (χ1n) is 6.89. The van der Waals surface area contributed by atoms with Crippen LogP contribution < -0.4 is 5.32 Å².